The maximum absolute atomic E-state index is 10.4. The Hall–Kier alpha value is -1.87. The van der Waals surface area contributed by atoms with E-state index in [4.69, 9.17) is 5.53 Å². The number of aldehydes is 1. The molecule has 0 amide bonds. The van der Waals surface area contributed by atoms with Crippen molar-refractivity contribution in [2.75, 3.05) is 0 Å². The van der Waals surface area contributed by atoms with Crippen molar-refractivity contribution < 1.29 is 4.79 Å². The Bertz CT molecular complexity index is 330. The molecule has 5 nitrogen and oxygen atoms in total. The van der Waals surface area contributed by atoms with Crippen LogP contribution in [0.4, 0.5) is 0 Å². The van der Waals surface area contributed by atoms with Gasteiger partial charge in [0.15, 0.2) is 6.29 Å². The molecule has 0 fully saturated rings. The number of rotatable bonds is 3. The molecule has 0 N–H and O–H groups in total. The predicted molar refractivity (Wildman–Crippen MR) is 42.5 cm³/mol. The molecule has 0 spiro atoms. The summed E-state index contributed by atoms with van der Waals surface area (Å²) in [6.45, 7) is 0.116. The lowest BCUT2D eigenvalue weighted by molar-refractivity contribution is 0.112. The molecule has 1 aromatic rings. The Morgan fingerprint density at radius 3 is 3.25 bits per heavy atom. The lowest BCUT2D eigenvalue weighted by atomic mass is 10.2. The first-order valence-corrected chi connectivity index (χ1v) is 3.28. The van der Waals surface area contributed by atoms with E-state index in [1.165, 1.54) is 0 Å². The van der Waals surface area contributed by atoms with Crippen molar-refractivity contribution in [2.24, 2.45) is 5.11 Å². The van der Waals surface area contributed by atoms with E-state index in [1.807, 2.05) is 0 Å². The van der Waals surface area contributed by atoms with E-state index in [0.29, 0.717) is 17.5 Å². The number of pyridine rings is 1. The van der Waals surface area contributed by atoms with Gasteiger partial charge < -0.3 is 0 Å². The first kappa shape index (κ1) is 8.23. The summed E-state index contributed by atoms with van der Waals surface area (Å²) < 4.78 is 0. The second-order valence-corrected chi connectivity index (χ2v) is 2.05. The highest BCUT2D eigenvalue weighted by atomic mass is 16.1. The fourth-order valence-corrected chi connectivity index (χ4v) is 0.788. The maximum atomic E-state index is 10.4. The van der Waals surface area contributed by atoms with Crippen LogP contribution in [0.5, 0.6) is 0 Å². The Kier molecular flexibility index (Phi) is 2.81. The molecule has 0 bridgehead atoms. The minimum atomic E-state index is 0.116. The van der Waals surface area contributed by atoms with Crippen molar-refractivity contribution in [3.63, 3.8) is 0 Å². The highest BCUT2D eigenvalue weighted by Crippen LogP contribution is 2.03. The number of aromatic nitrogens is 1. The molecule has 0 saturated carbocycles. The highest BCUT2D eigenvalue weighted by molar-refractivity contribution is 5.76. The quantitative estimate of drug-likeness (QED) is 0.293. The van der Waals surface area contributed by atoms with Crippen molar-refractivity contribution in [1.29, 1.82) is 0 Å². The van der Waals surface area contributed by atoms with Gasteiger partial charge in [-0.05, 0) is 17.7 Å². The molecule has 0 atom stereocenters. The molecule has 0 aliphatic heterocycles. The van der Waals surface area contributed by atoms with E-state index in [-0.39, 0.29) is 6.54 Å². The first-order valence-electron chi connectivity index (χ1n) is 3.28. The van der Waals surface area contributed by atoms with Gasteiger partial charge >= 0.3 is 0 Å². The molecule has 0 aliphatic rings. The van der Waals surface area contributed by atoms with E-state index in [1.54, 1.807) is 18.3 Å². The molecule has 1 rings (SSSR count). The van der Waals surface area contributed by atoms with Crippen molar-refractivity contribution in [1.82, 2.24) is 4.98 Å². The van der Waals surface area contributed by atoms with Crippen LogP contribution in [0.3, 0.4) is 0 Å². The summed E-state index contributed by atoms with van der Waals surface area (Å²) in [6.07, 6.45) is 2.24. The van der Waals surface area contributed by atoms with Crippen LogP contribution >= 0.6 is 0 Å². The van der Waals surface area contributed by atoms with Crippen LogP contribution in [-0.2, 0) is 6.54 Å². The number of hydrogen-bond acceptors (Lipinski definition) is 3. The molecule has 0 saturated heterocycles. The van der Waals surface area contributed by atoms with Gasteiger partial charge in [0, 0.05) is 16.7 Å². The fraction of sp³-hybridized carbons (Fsp3) is 0.143. The average Bonchev–Trinajstić information content (AvgIpc) is 2.15. The third-order valence-electron chi connectivity index (χ3n) is 1.34. The zero-order valence-electron chi connectivity index (χ0n) is 6.21. The normalized spacial score (nSPS) is 8.67. The summed E-state index contributed by atoms with van der Waals surface area (Å²) in [5, 5.41) is 3.31. The van der Waals surface area contributed by atoms with Gasteiger partial charge in [0.2, 0.25) is 0 Å². The second-order valence-electron chi connectivity index (χ2n) is 2.05. The monoisotopic (exact) mass is 162 g/mol. The molecule has 0 unspecified atom stereocenters. The van der Waals surface area contributed by atoms with Gasteiger partial charge in [-0.15, -0.1) is 0 Å². The van der Waals surface area contributed by atoms with Crippen molar-refractivity contribution in [3.8, 4) is 0 Å². The highest BCUT2D eigenvalue weighted by Gasteiger charge is 1.98. The number of azide groups is 1. The largest absolute Gasteiger partial charge is 0.298 e. The molecule has 5 heteroatoms. The van der Waals surface area contributed by atoms with E-state index in [9.17, 15) is 4.79 Å². The number of carbonyl (C=O) groups is 1. The zero-order valence-corrected chi connectivity index (χ0v) is 6.21. The lowest BCUT2D eigenvalue weighted by Gasteiger charge is -1.96. The topological polar surface area (TPSA) is 78.7 Å². The van der Waals surface area contributed by atoms with Gasteiger partial charge in [-0.2, -0.15) is 0 Å². The molecule has 12 heavy (non-hydrogen) atoms. The lowest BCUT2D eigenvalue weighted by Crippen LogP contribution is -1.93. The fourth-order valence-electron chi connectivity index (χ4n) is 0.788. The Morgan fingerprint density at radius 2 is 2.58 bits per heavy atom. The van der Waals surface area contributed by atoms with E-state index in [0.717, 1.165) is 0 Å². The summed E-state index contributed by atoms with van der Waals surface area (Å²) in [7, 11) is 0. The zero-order chi connectivity index (χ0) is 8.81. The Morgan fingerprint density at radius 1 is 1.75 bits per heavy atom. The SMILES string of the molecule is [N-]=[N+]=NCc1ncccc1C=O. The molecule has 0 radical (unpaired) electrons. The van der Waals surface area contributed by atoms with Gasteiger partial charge in [0.1, 0.15) is 0 Å². The van der Waals surface area contributed by atoms with Crippen LogP contribution in [0.15, 0.2) is 23.4 Å². The summed E-state index contributed by atoms with van der Waals surface area (Å²) in [6, 6.07) is 3.28. The Balaban J connectivity index is 2.96. The number of nitrogens with zero attached hydrogens (tertiary/aromatic N) is 4. The molecule has 1 aromatic heterocycles. The third kappa shape index (κ3) is 1.81. The van der Waals surface area contributed by atoms with Crippen LogP contribution in [-0.4, -0.2) is 11.3 Å². The standard InChI is InChI=1S/C7H6N4O/c8-11-10-4-7-6(5-12)2-1-3-9-7/h1-3,5H,4H2. The maximum Gasteiger partial charge on any atom is 0.151 e. The molecule has 1 heterocycles. The molecular weight excluding hydrogens is 156 g/mol. The molecular formula is C7H6N4O. The summed E-state index contributed by atoms with van der Waals surface area (Å²) in [5.74, 6) is 0. The van der Waals surface area contributed by atoms with Gasteiger partial charge in [-0.25, -0.2) is 0 Å². The molecule has 60 valence electrons. The second kappa shape index (κ2) is 4.10. The van der Waals surface area contributed by atoms with E-state index < -0.39 is 0 Å². The minimum Gasteiger partial charge on any atom is -0.298 e. The van der Waals surface area contributed by atoms with Gasteiger partial charge in [-0.1, -0.05) is 5.11 Å². The first-order chi connectivity index (χ1) is 5.88. The minimum absolute atomic E-state index is 0.116. The number of hydrogen-bond donors (Lipinski definition) is 0. The van der Waals surface area contributed by atoms with Crippen molar-refractivity contribution in [3.05, 3.63) is 40.0 Å². The van der Waals surface area contributed by atoms with Crippen LogP contribution in [0.1, 0.15) is 16.1 Å². The van der Waals surface area contributed by atoms with Gasteiger partial charge in [0.25, 0.3) is 0 Å². The van der Waals surface area contributed by atoms with Crippen molar-refractivity contribution >= 4 is 6.29 Å². The van der Waals surface area contributed by atoms with Crippen LogP contribution in [0, 0.1) is 0 Å². The summed E-state index contributed by atoms with van der Waals surface area (Å²) in [5.41, 5.74) is 9.00. The predicted octanol–water partition coefficient (Wildman–Crippen LogP) is 1.70. The summed E-state index contributed by atoms with van der Waals surface area (Å²) in [4.78, 5) is 16.9. The van der Waals surface area contributed by atoms with E-state index >= 15 is 0 Å². The van der Waals surface area contributed by atoms with Gasteiger partial charge in [0.05, 0.1) is 12.2 Å². The number of carbonyl (C=O) groups excluding carboxylic acids is 1. The summed E-state index contributed by atoms with van der Waals surface area (Å²) >= 11 is 0. The average molecular weight is 162 g/mol. The molecule has 0 aliphatic carbocycles. The smallest absolute Gasteiger partial charge is 0.151 e. The van der Waals surface area contributed by atoms with Crippen LogP contribution < -0.4 is 0 Å². The van der Waals surface area contributed by atoms with E-state index in [2.05, 4.69) is 15.0 Å². The Labute approximate surface area is 68.7 Å². The van der Waals surface area contributed by atoms with Crippen LogP contribution in [0.2, 0.25) is 0 Å². The van der Waals surface area contributed by atoms with Gasteiger partial charge in [-0.3, -0.25) is 9.78 Å². The van der Waals surface area contributed by atoms with Crippen molar-refractivity contribution in [2.45, 2.75) is 6.54 Å². The molecule has 0 aromatic carbocycles. The van der Waals surface area contributed by atoms with Crippen LogP contribution in [0.25, 0.3) is 10.4 Å². The third-order valence-corrected chi connectivity index (χ3v) is 1.34.